The first-order chi connectivity index (χ1) is 11.4. The van der Waals surface area contributed by atoms with E-state index in [0.717, 1.165) is 17.7 Å². The summed E-state index contributed by atoms with van der Waals surface area (Å²) in [7, 11) is -2.92. The van der Waals surface area contributed by atoms with Gasteiger partial charge < -0.3 is 4.42 Å². The molecule has 0 N–H and O–H groups in total. The van der Waals surface area contributed by atoms with Gasteiger partial charge in [0.15, 0.2) is 9.84 Å². The second-order valence-electron chi connectivity index (χ2n) is 6.14. The standard InChI is InChI=1S/C16H21N3O3S2/c1-3-18(14-8-9-24(20,21)10-14)11-19-16(23)22-15(17-19)13-6-4-12(2)5-7-13/h4-7,14H,3,8-11H2,1-2H3/t14-/m0/s1. The van der Waals surface area contributed by atoms with E-state index in [1.807, 2.05) is 38.1 Å². The molecule has 0 radical (unpaired) electrons. The van der Waals surface area contributed by atoms with Crippen molar-refractivity contribution < 1.29 is 12.8 Å². The van der Waals surface area contributed by atoms with Crippen molar-refractivity contribution in [3.63, 3.8) is 0 Å². The number of hydrogen-bond acceptors (Lipinski definition) is 6. The van der Waals surface area contributed by atoms with Crippen molar-refractivity contribution in [1.82, 2.24) is 14.7 Å². The van der Waals surface area contributed by atoms with Crippen molar-refractivity contribution in [3.8, 4) is 11.5 Å². The van der Waals surface area contributed by atoms with E-state index in [-0.39, 0.29) is 17.5 Å². The number of aryl methyl sites for hydroxylation is 1. The fourth-order valence-electron chi connectivity index (χ4n) is 2.92. The molecule has 1 atom stereocenters. The number of benzene rings is 1. The van der Waals surface area contributed by atoms with Crippen molar-refractivity contribution >= 4 is 22.1 Å². The van der Waals surface area contributed by atoms with Crippen LogP contribution in [0.2, 0.25) is 0 Å². The molecule has 1 aliphatic heterocycles. The van der Waals surface area contributed by atoms with Crippen LogP contribution in [-0.4, -0.2) is 47.2 Å². The average molecular weight is 367 g/mol. The minimum atomic E-state index is -2.92. The number of sulfone groups is 1. The van der Waals surface area contributed by atoms with Gasteiger partial charge in [0.25, 0.3) is 4.84 Å². The van der Waals surface area contributed by atoms with Crippen molar-refractivity contribution in [1.29, 1.82) is 0 Å². The lowest BCUT2D eigenvalue weighted by molar-refractivity contribution is 0.162. The zero-order chi connectivity index (χ0) is 17.3. The molecule has 0 amide bonds. The summed E-state index contributed by atoms with van der Waals surface area (Å²) in [4.78, 5) is 2.38. The largest absolute Gasteiger partial charge is 0.409 e. The number of nitrogens with zero attached hydrogens (tertiary/aromatic N) is 3. The molecular formula is C16H21N3O3S2. The molecule has 24 heavy (non-hydrogen) atoms. The summed E-state index contributed by atoms with van der Waals surface area (Å²) < 4.78 is 30.7. The van der Waals surface area contributed by atoms with Crippen molar-refractivity contribution in [2.45, 2.75) is 33.0 Å². The molecule has 1 aromatic heterocycles. The Morgan fingerprint density at radius 1 is 1.38 bits per heavy atom. The van der Waals surface area contributed by atoms with Crippen LogP contribution >= 0.6 is 12.2 Å². The molecule has 1 fully saturated rings. The molecule has 0 spiro atoms. The SMILES string of the molecule is CCN(Cn1nc(-c2ccc(C)cc2)oc1=S)[C@H]1CCS(=O)(=O)C1. The van der Waals surface area contributed by atoms with E-state index in [0.29, 0.717) is 23.8 Å². The molecular weight excluding hydrogens is 346 g/mol. The number of hydrogen-bond donors (Lipinski definition) is 0. The molecule has 0 aliphatic carbocycles. The van der Waals surface area contributed by atoms with Crippen LogP contribution in [-0.2, 0) is 16.5 Å². The normalized spacial score (nSPS) is 19.9. The Morgan fingerprint density at radius 2 is 2.08 bits per heavy atom. The Bertz CT molecular complexity index is 869. The third-order valence-electron chi connectivity index (χ3n) is 4.35. The van der Waals surface area contributed by atoms with E-state index < -0.39 is 9.84 Å². The Balaban J connectivity index is 1.80. The van der Waals surface area contributed by atoms with Crippen LogP contribution in [0.3, 0.4) is 0 Å². The Labute approximate surface area is 147 Å². The summed E-state index contributed by atoms with van der Waals surface area (Å²) in [5, 5.41) is 4.46. The first kappa shape index (κ1) is 17.3. The fourth-order valence-corrected chi connectivity index (χ4v) is 4.86. The number of rotatable bonds is 5. The van der Waals surface area contributed by atoms with Crippen LogP contribution in [0.4, 0.5) is 0 Å². The molecule has 1 aromatic carbocycles. The molecule has 0 bridgehead atoms. The molecule has 8 heteroatoms. The molecule has 3 rings (SSSR count). The second-order valence-corrected chi connectivity index (χ2v) is 8.72. The van der Waals surface area contributed by atoms with Crippen LogP contribution in [0.25, 0.3) is 11.5 Å². The summed E-state index contributed by atoms with van der Waals surface area (Å²) >= 11 is 5.27. The zero-order valence-corrected chi connectivity index (χ0v) is 15.4. The fraction of sp³-hybridized carbons (Fsp3) is 0.500. The van der Waals surface area contributed by atoms with Crippen LogP contribution in [0.15, 0.2) is 28.7 Å². The van der Waals surface area contributed by atoms with Crippen LogP contribution in [0.5, 0.6) is 0 Å². The Morgan fingerprint density at radius 3 is 2.67 bits per heavy atom. The lowest BCUT2D eigenvalue weighted by Gasteiger charge is -2.25. The van der Waals surface area contributed by atoms with E-state index in [9.17, 15) is 8.42 Å². The third-order valence-corrected chi connectivity index (χ3v) is 6.40. The van der Waals surface area contributed by atoms with Gasteiger partial charge in [0, 0.05) is 11.6 Å². The summed E-state index contributed by atoms with van der Waals surface area (Å²) in [6, 6.07) is 7.90. The van der Waals surface area contributed by atoms with Gasteiger partial charge >= 0.3 is 0 Å². The Hall–Kier alpha value is -1.51. The molecule has 1 aliphatic rings. The molecule has 2 aromatic rings. The molecule has 130 valence electrons. The second kappa shape index (κ2) is 6.78. The lowest BCUT2D eigenvalue weighted by atomic mass is 10.1. The minimum Gasteiger partial charge on any atom is -0.409 e. The topological polar surface area (TPSA) is 68.3 Å². The highest BCUT2D eigenvalue weighted by atomic mass is 32.2. The third kappa shape index (κ3) is 3.76. The summed E-state index contributed by atoms with van der Waals surface area (Å²) in [5.41, 5.74) is 2.04. The smallest absolute Gasteiger partial charge is 0.288 e. The van der Waals surface area contributed by atoms with Gasteiger partial charge in [-0.1, -0.05) is 24.6 Å². The quantitative estimate of drug-likeness (QED) is 0.757. The molecule has 0 saturated carbocycles. The maximum atomic E-state index is 11.7. The lowest BCUT2D eigenvalue weighted by Crippen LogP contribution is -2.37. The van der Waals surface area contributed by atoms with Gasteiger partial charge in [0.2, 0.25) is 5.89 Å². The van der Waals surface area contributed by atoms with Gasteiger partial charge in [0.1, 0.15) is 0 Å². The maximum Gasteiger partial charge on any atom is 0.288 e. The van der Waals surface area contributed by atoms with Crippen LogP contribution in [0.1, 0.15) is 18.9 Å². The van der Waals surface area contributed by atoms with Gasteiger partial charge in [-0.2, -0.15) is 0 Å². The predicted molar refractivity (Wildman–Crippen MR) is 94.9 cm³/mol. The monoisotopic (exact) mass is 367 g/mol. The van der Waals surface area contributed by atoms with Gasteiger partial charge in [-0.15, -0.1) is 5.10 Å². The van der Waals surface area contributed by atoms with Crippen molar-refractivity contribution in [2.75, 3.05) is 18.1 Å². The molecule has 1 saturated heterocycles. The van der Waals surface area contributed by atoms with Gasteiger partial charge in [-0.3, -0.25) is 4.90 Å². The van der Waals surface area contributed by atoms with E-state index in [4.69, 9.17) is 16.6 Å². The van der Waals surface area contributed by atoms with E-state index in [1.165, 1.54) is 0 Å². The minimum absolute atomic E-state index is 0.0152. The highest BCUT2D eigenvalue weighted by Crippen LogP contribution is 2.21. The summed E-state index contributed by atoms with van der Waals surface area (Å²) in [5.74, 6) is 0.944. The number of aromatic nitrogens is 2. The Kier molecular flexibility index (Phi) is 4.89. The highest BCUT2D eigenvalue weighted by Gasteiger charge is 2.32. The predicted octanol–water partition coefficient (Wildman–Crippen LogP) is 2.65. The maximum absolute atomic E-state index is 11.7. The van der Waals surface area contributed by atoms with Crippen molar-refractivity contribution in [3.05, 3.63) is 34.7 Å². The van der Waals surface area contributed by atoms with Gasteiger partial charge in [-0.25, -0.2) is 13.1 Å². The van der Waals surface area contributed by atoms with Crippen molar-refractivity contribution in [2.24, 2.45) is 0 Å². The van der Waals surface area contributed by atoms with E-state index in [1.54, 1.807) is 4.68 Å². The molecule has 0 unspecified atom stereocenters. The molecule has 6 nitrogen and oxygen atoms in total. The van der Waals surface area contributed by atoms with Gasteiger partial charge in [0.05, 0.1) is 18.2 Å². The van der Waals surface area contributed by atoms with Gasteiger partial charge in [-0.05, 0) is 44.2 Å². The van der Waals surface area contributed by atoms with Crippen LogP contribution in [0, 0.1) is 11.8 Å². The average Bonchev–Trinajstić information content (AvgIpc) is 3.08. The first-order valence-corrected chi connectivity index (χ1v) is 10.2. The van der Waals surface area contributed by atoms with Crippen LogP contribution < -0.4 is 0 Å². The highest BCUT2D eigenvalue weighted by molar-refractivity contribution is 7.91. The first-order valence-electron chi connectivity index (χ1n) is 7.97. The van der Waals surface area contributed by atoms with E-state index in [2.05, 4.69) is 10.00 Å². The molecule has 2 heterocycles. The zero-order valence-electron chi connectivity index (χ0n) is 13.8. The summed E-state index contributed by atoms with van der Waals surface area (Å²) in [6.07, 6.45) is 0.659. The summed E-state index contributed by atoms with van der Waals surface area (Å²) in [6.45, 7) is 5.20. The van der Waals surface area contributed by atoms with E-state index >= 15 is 0 Å².